The summed E-state index contributed by atoms with van der Waals surface area (Å²) in [5, 5.41) is 18.3. The van der Waals surface area contributed by atoms with Crippen LogP contribution in [0.5, 0.6) is 0 Å². The molecule has 0 saturated carbocycles. The second kappa shape index (κ2) is 11.3. The molecule has 9 heteroatoms. The zero-order valence-electron chi connectivity index (χ0n) is 10.5. The summed E-state index contributed by atoms with van der Waals surface area (Å²) < 4.78 is 4.95. The van der Waals surface area contributed by atoms with Crippen LogP contribution in [0, 0.1) is 0 Å². The number of rotatable bonds is 4. The van der Waals surface area contributed by atoms with Gasteiger partial charge in [-0.3, -0.25) is 0 Å². The second-order valence-electron chi connectivity index (χ2n) is 2.82. The third-order valence-electron chi connectivity index (χ3n) is 1.58. The zero-order valence-corrected chi connectivity index (χ0v) is 13.1. The van der Waals surface area contributed by atoms with Crippen molar-refractivity contribution < 1.29 is 21.8 Å². The van der Waals surface area contributed by atoms with Gasteiger partial charge in [-0.25, -0.2) is 0 Å². The minimum atomic E-state index is 0. The van der Waals surface area contributed by atoms with Crippen molar-refractivity contribution in [3.05, 3.63) is 0 Å². The minimum Gasteiger partial charge on any atom is -0.741 e. The normalized spacial score (nSPS) is 14.0. The van der Waals surface area contributed by atoms with E-state index in [9.17, 15) is 0 Å². The topological polar surface area (TPSA) is 70.7 Å². The molecule has 0 aromatic rings. The SMILES string of the molecule is CCOC([S-])=NN=C(C)C(C)=NN=C([S-])NC.[Cu+2]. The van der Waals surface area contributed by atoms with Crippen LogP contribution in [0.3, 0.4) is 0 Å². The molecule has 0 rings (SSSR count). The largest absolute Gasteiger partial charge is 2.00 e. The third-order valence-corrected chi connectivity index (χ3v) is 2.06. The summed E-state index contributed by atoms with van der Waals surface area (Å²) in [6.07, 6.45) is 0. The van der Waals surface area contributed by atoms with E-state index in [0.717, 1.165) is 0 Å². The van der Waals surface area contributed by atoms with Crippen molar-refractivity contribution in [3.8, 4) is 0 Å². The molecule has 0 aromatic heterocycles. The van der Waals surface area contributed by atoms with Gasteiger partial charge in [0.25, 0.3) is 0 Å². The smallest absolute Gasteiger partial charge is 0.741 e. The summed E-state index contributed by atoms with van der Waals surface area (Å²) in [6.45, 7) is 5.78. The van der Waals surface area contributed by atoms with Gasteiger partial charge in [-0.1, -0.05) is 0 Å². The molecular weight excluding hydrogens is 322 g/mol. The van der Waals surface area contributed by atoms with E-state index >= 15 is 0 Å². The summed E-state index contributed by atoms with van der Waals surface area (Å²) in [6, 6.07) is 0. The molecule has 6 nitrogen and oxygen atoms in total. The summed E-state index contributed by atoms with van der Waals surface area (Å²) in [4.78, 5) is 0. The van der Waals surface area contributed by atoms with E-state index < -0.39 is 0 Å². The van der Waals surface area contributed by atoms with Crippen LogP contribution >= 0.6 is 0 Å². The predicted molar refractivity (Wildman–Crippen MR) is 76.5 cm³/mol. The molecule has 1 radical (unpaired) electrons. The number of ether oxygens (including phenoxy) is 1. The number of nitrogens with zero attached hydrogens (tertiary/aromatic N) is 4. The van der Waals surface area contributed by atoms with Crippen molar-refractivity contribution in [1.82, 2.24) is 5.32 Å². The molecule has 0 fully saturated rings. The molecule has 0 aliphatic rings. The Morgan fingerprint density at radius 1 is 1.06 bits per heavy atom. The van der Waals surface area contributed by atoms with Gasteiger partial charge in [-0.15, -0.1) is 5.10 Å². The Labute approximate surface area is 129 Å². The van der Waals surface area contributed by atoms with E-state index in [2.05, 4.69) is 25.7 Å². The summed E-state index contributed by atoms with van der Waals surface area (Å²) in [7, 11) is 1.67. The van der Waals surface area contributed by atoms with E-state index in [1.54, 1.807) is 20.9 Å². The standard InChI is InChI=1S/C9H17N5OS2.Cu/c1-5-15-9(17)14-12-7(3)6(2)11-13-8(16)10-4;/h5H2,1-4H3,(H,14,17)(H2,10,13,16);/q;+2/p-2. The van der Waals surface area contributed by atoms with Crippen LogP contribution in [-0.2, 0) is 47.1 Å². The van der Waals surface area contributed by atoms with Gasteiger partial charge in [0.1, 0.15) is 0 Å². The van der Waals surface area contributed by atoms with E-state index in [4.69, 9.17) is 30.0 Å². The van der Waals surface area contributed by atoms with Gasteiger partial charge in [-0.05, 0) is 25.9 Å². The van der Waals surface area contributed by atoms with Gasteiger partial charge >= 0.3 is 17.1 Å². The van der Waals surface area contributed by atoms with Crippen LogP contribution in [0.15, 0.2) is 20.4 Å². The first kappa shape index (κ1) is 19.6. The molecule has 18 heavy (non-hydrogen) atoms. The van der Waals surface area contributed by atoms with Crippen LogP contribution in [0.25, 0.3) is 0 Å². The van der Waals surface area contributed by atoms with Gasteiger partial charge in [0, 0.05) is 7.05 Å². The number of amidine groups is 1. The van der Waals surface area contributed by atoms with E-state index in [1.165, 1.54) is 0 Å². The summed E-state index contributed by atoms with van der Waals surface area (Å²) in [5.74, 6) is 0. The van der Waals surface area contributed by atoms with E-state index in [-0.39, 0.29) is 22.3 Å². The molecular formula is C9H15CuN5OS2. The number of hydrogen-bond acceptors (Lipinski definition) is 7. The molecule has 0 spiro atoms. The molecule has 105 valence electrons. The van der Waals surface area contributed by atoms with Crippen LogP contribution in [0.2, 0.25) is 0 Å². The maximum Gasteiger partial charge on any atom is 2.00 e. The predicted octanol–water partition coefficient (Wildman–Crippen LogP) is 0.797. The maximum atomic E-state index is 4.95. The van der Waals surface area contributed by atoms with Crippen LogP contribution in [0.1, 0.15) is 20.8 Å². The number of nitrogens with one attached hydrogen (secondary N) is 1. The molecule has 0 atom stereocenters. The Balaban J connectivity index is 0. The van der Waals surface area contributed by atoms with Gasteiger partial charge in [0.05, 0.1) is 23.3 Å². The Morgan fingerprint density at radius 2 is 1.56 bits per heavy atom. The fourth-order valence-electron chi connectivity index (χ4n) is 0.583. The van der Waals surface area contributed by atoms with Crippen molar-refractivity contribution in [3.63, 3.8) is 0 Å². The van der Waals surface area contributed by atoms with Crippen LogP contribution in [0.4, 0.5) is 0 Å². The minimum absolute atomic E-state index is 0. The van der Waals surface area contributed by atoms with E-state index in [1.807, 2.05) is 6.92 Å². The summed E-state index contributed by atoms with van der Waals surface area (Å²) in [5.41, 5.74) is 1.19. The van der Waals surface area contributed by atoms with Crippen molar-refractivity contribution in [2.45, 2.75) is 20.8 Å². The van der Waals surface area contributed by atoms with Gasteiger partial charge in [-0.2, -0.15) is 15.3 Å². The number of hydrogen-bond donors (Lipinski definition) is 1. The molecule has 0 saturated heterocycles. The Morgan fingerprint density at radius 3 is 2.00 bits per heavy atom. The van der Waals surface area contributed by atoms with Crippen molar-refractivity contribution in [2.75, 3.05) is 13.7 Å². The van der Waals surface area contributed by atoms with Gasteiger partial charge < -0.3 is 35.3 Å². The second-order valence-corrected chi connectivity index (χ2v) is 3.56. The molecule has 0 aromatic carbocycles. The molecule has 0 aliphatic carbocycles. The molecule has 0 amide bonds. The molecule has 0 unspecified atom stereocenters. The van der Waals surface area contributed by atoms with Crippen molar-refractivity contribution >= 4 is 47.1 Å². The Hall–Kier alpha value is -0.761. The fraction of sp³-hybridized carbons (Fsp3) is 0.556. The third kappa shape index (κ3) is 9.29. The first-order valence-electron chi connectivity index (χ1n) is 4.90. The Bertz CT molecular complexity index is 368. The van der Waals surface area contributed by atoms with Crippen molar-refractivity contribution in [2.24, 2.45) is 20.4 Å². The first-order chi connectivity index (χ1) is 8.01. The van der Waals surface area contributed by atoms with Crippen LogP contribution < -0.4 is 5.32 Å². The first-order valence-corrected chi connectivity index (χ1v) is 5.72. The Kier molecular flexibility index (Phi) is 12.3. The maximum absolute atomic E-state index is 4.95. The molecule has 0 aliphatic heterocycles. The zero-order chi connectivity index (χ0) is 13.3. The molecule has 0 heterocycles. The molecule has 0 bridgehead atoms. The average Bonchev–Trinajstić information content (AvgIpc) is 2.32. The molecule has 1 N–H and O–H groups in total. The monoisotopic (exact) mass is 336 g/mol. The quantitative estimate of drug-likeness (QED) is 0.271. The van der Waals surface area contributed by atoms with Crippen molar-refractivity contribution in [1.29, 1.82) is 0 Å². The van der Waals surface area contributed by atoms with Gasteiger partial charge in [0.2, 0.25) is 0 Å². The van der Waals surface area contributed by atoms with E-state index in [0.29, 0.717) is 23.2 Å². The average molecular weight is 337 g/mol. The van der Waals surface area contributed by atoms with Crippen LogP contribution in [-0.4, -0.2) is 35.5 Å². The van der Waals surface area contributed by atoms with Gasteiger partial charge in [0.15, 0.2) is 0 Å². The fourth-order valence-corrected chi connectivity index (χ4v) is 0.783. The summed E-state index contributed by atoms with van der Waals surface area (Å²) >= 11 is 9.60.